The highest BCUT2D eigenvalue weighted by Crippen LogP contribution is 2.24. The molecule has 2 unspecified atom stereocenters. The number of imidazole rings is 1. The zero-order chi connectivity index (χ0) is 20.2. The van der Waals surface area contributed by atoms with E-state index >= 15 is 0 Å². The summed E-state index contributed by atoms with van der Waals surface area (Å²) in [5.41, 5.74) is 1.48. The summed E-state index contributed by atoms with van der Waals surface area (Å²) in [6.45, 7) is 1.05. The van der Waals surface area contributed by atoms with Crippen LogP contribution in [0.15, 0.2) is 65.7 Å². The maximum Gasteiger partial charge on any atom is 0.257 e. The summed E-state index contributed by atoms with van der Waals surface area (Å²) in [6, 6.07) is 11.1. The summed E-state index contributed by atoms with van der Waals surface area (Å²) >= 11 is 0. The molecule has 3 heterocycles. The van der Waals surface area contributed by atoms with Crippen molar-refractivity contribution in [2.75, 3.05) is 13.1 Å². The number of nitrogens with zero attached hydrogens (tertiary/aromatic N) is 3. The van der Waals surface area contributed by atoms with Crippen molar-refractivity contribution in [3.63, 3.8) is 0 Å². The Kier molecular flexibility index (Phi) is 5.46. The van der Waals surface area contributed by atoms with Crippen molar-refractivity contribution in [3.8, 4) is 0 Å². The van der Waals surface area contributed by atoms with Gasteiger partial charge in [0.2, 0.25) is 5.91 Å². The predicted octanol–water partition coefficient (Wildman–Crippen LogP) is 2.77. The van der Waals surface area contributed by atoms with Gasteiger partial charge in [-0.15, -0.1) is 0 Å². The van der Waals surface area contributed by atoms with Crippen molar-refractivity contribution in [1.29, 1.82) is 0 Å². The van der Waals surface area contributed by atoms with E-state index in [2.05, 4.69) is 10.3 Å². The zero-order valence-electron chi connectivity index (χ0n) is 16.3. The van der Waals surface area contributed by atoms with E-state index in [1.807, 2.05) is 48.1 Å². The van der Waals surface area contributed by atoms with E-state index in [0.717, 1.165) is 24.2 Å². The number of piperidine rings is 1. The Labute approximate surface area is 169 Å². The number of amides is 2. The normalized spacial score (nSPS) is 17.7. The van der Waals surface area contributed by atoms with E-state index in [9.17, 15) is 9.59 Å². The highest BCUT2D eigenvalue weighted by Gasteiger charge is 2.31. The zero-order valence-corrected chi connectivity index (χ0v) is 16.3. The third-order valence-corrected chi connectivity index (χ3v) is 5.38. The molecule has 0 spiro atoms. The molecule has 0 bridgehead atoms. The second kappa shape index (κ2) is 8.34. The van der Waals surface area contributed by atoms with Crippen LogP contribution in [-0.2, 0) is 11.8 Å². The molecule has 1 aromatic carbocycles. The number of rotatable bonds is 5. The average molecular weight is 392 g/mol. The van der Waals surface area contributed by atoms with Crippen LogP contribution in [0.25, 0.3) is 0 Å². The molecule has 0 aliphatic carbocycles. The summed E-state index contributed by atoms with van der Waals surface area (Å²) in [5, 5.41) is 3.16. The second-order valence-corrected chi connectivity index (χ2v) is 7.35. The summed E-state index contributed by atoms with van der Waals surface area (Å²) in [4.78, 5) is 31.9. The lowest BCUT2D eigenvalue weighted by atomic mass is 9.95. The van der Waals surface area contributed by atoms with Crippen LogP contribution in [0.2, 0.25) is 0 Å². The number of carbonyl (C=O) groups is 2. The summed E-state index contributed by atoms with van der Waals surface area (Å²) in [7, 11) is 1.91. The first kappa shape index (κ1) is 19.0. The van der Waals surface area contributed by atoms with E-state index in [1.54, 1.807) is 17.2 Å². The van der Waals surface area contributed by atoms with E-state index in [0.29, 0.717) is 18.7 Å². The molecule has 1 aliphatic heterocycles. The van der Waals surface area contributed by atoms with Crippen LogP contribution in [0.1, 0.15) is 40.6 Å². The van der Waals surface area contributed by atoms with Gasteiger partial charge in [0.25, 0.3) is 5.91 Å². The fraction of sp³-hybridized carbons (Fsp3) is 0.318. The largest absolute Gasteiger partial charge is 0.472 e. The molecular formula is C22H24N4O3. The number of aryl methyl sites for hydroxylation is 1. The van der Waals surface area contributed by atoms with Crippen LogP contribution < -0.4 is 5.32 Å². The maximum absolute atomic E-state index is 13.1. The Bertz CT molecular complexity index is 965. The minimum Gasteiger partial charge on any atom is -0.472 e. The van der Waals surface area contributed by atoms with Gasteiger partial charge in [0.1, 0.15) is 18.1 Å². The molecule has 2 amide bonds. The lowest BCUT2D eigenvalue weighted by Gasteiger charge is -2.32. The Hall–Kier alpha value is -3.35. The second-order valence-electron chi connectivity index (χ2n) is 7.35. The molecule has 29 heavy (non-hydrogen) atoms. The number of furan rings is 1. The summed E-state index contributed by atoms with van der Waals surface area (Å²) in [5.74, 6) is 0.351. The number of aromatic nitrogens is 2. The predicted molar refractivity (Wildman–Crippen MR) is 107 cm³/mol. The third-order valence-electron chi connectivity index (χ3n) is 5.38. The van der Waals surface area contributed by atoms with Crippen molar-refractivity contribution in [2.45, 2.75) is 18.9 Å². The van der Waals surface area contributed by atoms with Crippen molar-refractivity contribution in [3.05, 3.63) is 78.3 Å². The lowest BCUT2D eigenvalue weighted by molar-refractivity contribution is -0.126. The SMILES string of the molecule is Cn1ccnc1C(NC(=O)C1CCCN(C(=O)c2ccoc2)C1)c1ccccc1. The van der Waals surface area contributed by atoms with E-state index in [4.69, 9.17) is 4.42 Å². The minimum absolute atomic E-state index is 0.0634. The number of nitrogens with one attached hydrogen (secondary N) is 1. The van der Waals surface area contributed by atoms with Gasteiger partial charge in [0, 0.05) is 32.5 Å². The Morgan fingerprint density at radius 1 is 1.24 bits per heavy atom. The molecule has 0 saturated carbocycles. The van der Waals surface area contributed by atoms with Gasteiger partial charge in [-0.2, -0.15) is 0 Å². The van der Waals surface area contributed by atoms with Gasteiger partial charge in [-0.05, 0) is 24.5 Å². The van der Waals surface area contributed by atoms with E-state index in [-0.39, 0.29) is 23.8 Å². The highest BCUT2D eigenvalue weighted by molar-refractivity contribution is 5.94. The van der Waals surface area contributed by atoms with Crippen LogP contribution in [-0.4, -0.2) is 39.4 Å². The van der Waals surface area contributed by atoms with Crippen LogP contribution in [0.3, 0.4) is 0 Å². The fourth-order valence-corrected chi connectivity index (χ4v) is 3.80. The van der Waals surface area contributed by atoms with Gasteiger partial charge >= 0.3 is 0 Å². The molecule has 1 fully saturated rings. The number of likely N-dealkylation sites (tertiary alicyclic amines) is 1. The fourth-order valence-electron chi connectivity index (χ4n) is 3.80. The molecule has 1 aliphatic rings. The van der Waals surface area contributed by atoms with Crippen LogP contribution in [0.4, 0.5) is 0 Å². The first-order chi connectivity index (χ1) is 14.1. The molecule has 1 N–H and O–H groups in total. The average Bonchev–Trinajstić information content (AvgIpc) is 3.44. The van der Waals surface area contributed by atoms with E-state index < -0.39 is 0 Å². The first-order valence-electron chi connectivity index (χ1n) is 9.77. The topological polar surface area (TPSA) is 80.4 Å². The van der Waals surface area contributed by atoms with Crippen molar-refractivity contribution in [2.24, 2.45) is 13.0 Å². The molecule has 7 heteroatoms. The molecule has 7 nitrogen and oxygen atoms in total. The van der Waals surface area contributed by atoms with Crippen molar-refractivity contribution in [1.82, 2.24) is 19.8 Å². The van der Waals surface area contributed by atoms with Crippen LogP contribution >= 0.6 is 0 Å². The monoisotopic (exact) mass is 392 g/mol. The Morgan fingerprint density at radius 2 is 2.07 bits per heavy atom. The van der Waals surface area contributed by atoms with Gasteiger partial charge in [0.05, 0.1) is 17.7 Å². The van der Waals surface area contributed by atoms with Gasteiger partial charge in [-0.1, -0.05) is 30.3 Å². The Balaban J connectivity index is 1.50. The van der Waals surface area contributed by atoms with Crippen LogP contribution in [0, 0.1) is 5.92 Å². The standard InChI is InChI=1S/C22H24N4O3/c1-25-12-10-23-20(25)19(16-6-3-2-4-7-16)24-21(27)17-8-5-11-26(14-17)22(28)18-9-13-29-15-18/h2-4,6-7,9-10,12-13,15,17,19H,5,8,11,14H2,1H3,(H,24,27). The van der Waals surface area contributed by atoms with Gasteiger partial charge in [0.15, 0.2) is 0 Å². The highest BCUT2D eigenvalue weighted by atomic mass is 16.3. The minimum atomic E-state index is -0.344. The molecule has 0 radical (unpaired) electrons. The quantitative estimate of drug-likeness (QED) is 0.724. The first-order valence-corrected chi connectivity index (χ1v) is 9.77. The lowest BCUT2D eigenvalue weighted by Crippen LogP contribution is -2.46. The summed E-state index contributed by atoms with van der Waals surface area (Å²) < 4.78 is 6.93. The smallest absolute Gasteiger partial charge is 0.257 e. The van der Waals surface area contributed by atoms with Gasteiger partial charge < -0.3 is 19.2 Å². The Morgan fingerprint density at radius 3 is 2.76 bits per heavy atom. The van der Waals surface area contributed by atoms with Gasteiger partial charge in [-0.3, -0.25) is 9.59 Å². The maximum atomic E-state index is 13.1. The number of hydrogen-bond donors (Lipinski definition) is 1. The molecular weight excluding hydrogens is 368 g/mol. The molecule has 1 saturated heterocycles. The molecule has 4 rings (SSSR count). The van der Waals surface area contributed by atoms with Gasteiger partial charge in [-0.25, -0.2) is 4.98 Å². The molecule has 3 aromatic rings. The molecule has 2 aromatic heterocycles. The molecule has 2 atom stereocenters. The number of carbonyl (C=O) groups excluding carboxylic acids is 2. The van der Waals surface area contributed by atoms with Crippen molar-refractivity contribution >= 4 is 11.8 Å². The van der Waals surface area contributed by atoms with Crippen molar-refractivity contribution < 1.29 is 14.0 Å². The third kappa shape index (κ3) is 4.08. The number of benzene rings is 1. The van der Waals surface area contributed by atoms with Crippen LogP contribution in [0.5, 0.6) is 0 Å². The number of hydrogen-bond acceptors (Lipinski definition) is 4. The van der Waals surface area contributed by atoms with E-state index in [1.165, 1.54) is 12.5 Å². The molecule has 150 valence electrons. The summed E-state index contributed by atoms with van der Waals surface area (Å²) in [6.07, 6.45) is 8.06.